The van der Waals surface area contributed by atoms with Gasteiger partial charge in [0.2, 0.25) is 0 Å². The van der Waals surface area contributed by atoms with Gasteiger partial charge in [-0.25, -0.2) is 4.68 Å². The van der Waals surface area contributed by atoms with Gasteiger partial charge in [-0.3, -0.25) is 4.79 Å². The Bertz CT molecular complexity index is 841. The van der Waals surface area contributed by atoms with E-state index in [4.69, 9.17) is 0 Å². The number of aromatic nitrogens is 3. The molecule has 0 bridgehead atoms. The highest BCUT2D eigenvalue weighted by Crippen LogP contribution is 2.20. The number of carbonyl (C=O) groups is 1. The Morgan fingerprint density at radius 1 is 0.957 bits per heavy atom. The molecule has 4 rings (SSSR count). The van der Waals surface area contributed by atoms with Crippen LogP contribution in [0.5, 0.6) is 0 Å². The summed E-state index contributed by atoms with van der Waals surface area (Å²) in [5.74, 6) is -0.0679. The Balaban J connectivity index is 1.55. The topological polar surface area (TPSA) is 51.0 Å². The van der Waals surface area contributed by atoms with Crippen LogP contribution >= 0.6 is 0 Å². The predicted molar refractivity (Wildman–Crippen MR) is 86.2 cm³/mol. The van der Waals surface area contributed by atoms with Gasteiger partial charge in [0.1, 0.15) is 0 Å². The van der Waals surface area contributed by atoms with E-state index in [0.29, 0.717) is 18.8 Å². The number of nitrogens with zero attached hydrogens (tertiary/aromatic N) is 4. The van der Waals surface area contributed by atoms with Crippen molar-refractivity contribution in [1.29, 1.82) is 0 Å². The Kier molecular flexibility index (Phi) is 3.38. The number of carbonyl (C=O) groups excluding carboxylic acids is 1. The first-order chi connectivity index (χ1) is 11.3. The lowest BCUT2D eigenvalue weighted by atomic mass is 10.00. The van der Waals surface area contributed by atoms with Crippen molar-refractivity contribution in [3.63, 3.8) is 0 Å². The molecule has 0 saturated heterocycles. The maximum absolute atomic E-state index is 12.7. The molecule has 0 N–H and O–H groups in total. The molecule has 5 nitrogen and oxygen atoms in total. The van der Waals surface area contributed by atoms with Crippen molar-refractivity contribution in [1.82, 2.24) is 19.9 Å². The predicted octanol–water partition coefficient (Wildman–Crippen LogP) is 2.47. The van der Waals surface area contributed by atoms with Crippen LogP contribution in [0.3, 0.4) is 0 Å². The van der Waals surface area contributed by atoms with E-state index in [1.54, 1.807) is 10.9 Å². The highest BCUT2D eigenvalue weighted by atomic mass is 16.2. The van der Waals surface area contributed by atoms with E-state index in [2.05, 4.69) is 22.4 Å². The molecule has 5 heteroatoms. The lowest BCUT2D eigenvalue weighted by Gasteiger charge is -2.28. The molecule has 0 atom stereocenters. The van der Waals surface area contributed by atoms with Crippen LogP contribution in [0.4, 0.5) is 0 Å². The summed E-state index contributed by atoms with van der Waals surface area (Å²) >= 11 is 0. The van der Waals surface area contributed by atoms with E-state index in [9.17, 15) is 4.79 Å². The standard InChI is InChI=1S/C18H16N4O/c23-18(21-11-10-14-6-4-5-7-15(14)12-21)17-13-22(20-19-17)16-8-2-1-3-9-16/h1-9,13H,10-12H2. The van der Waals surface area contributed by atoms with Crippen molar-refractivity contribution >= 4 is 5.91 Å². The van der Waals surface area contributed by atoms with Crippen molar-refractivity contribution in [2.75, 3.05) is 6.54 Å². The number of hydrogen-bond acceptors (Lipinski definition) is 3. The fourth-order valence-electron chi connectivity index (χ4n) is 2.90. The summed E-state index contributed by atoms with van der Waals surface area (Å²) in [6.45, 7) is 1.35. The van der Waals surface area contributed by atoms with Crippen molar-refractivity contribution in [2.45, 2.75) is 13.0 Å². The second kappa shape index (κ2) is 5.68. The largest absolute Gasteiger partial charge is 0.333 e. The molecule has 2 aromatic carbocycles. The zero-order valence-corrected chi connectivity index (χ0v) is 12.6. The van der Waals surface area contributed by atoms with E-state index < -0.39 is 0 Å². The first-order valence-electron chi connectivity index (χ1n) is 7.65. The monoisotopic (exact) mass is 304 g/mol. The molecule has 2 heterocycles. The second-order valence-electron chi connectivity index (χ2n) is 5.63. The van der Waals surface area contributed by atoms with Gasteiger partial charge in [0.25, 0.3) is 5.91 Å². The fraction of sp³-hybridized carbons (Fsp3) is 0.167. The van der Waals surface area contributed by atoms with Gasteiger partial charge in [-0.15, -0.1) is 5.10 Å². The van der Waals surface area contributed by atoms with Gasteiger partial charge in [0.15, 0.2) is 5.69 Å². The fourth-order valence-corrected chi connectivity index (χ4v) is 2.90. The van der Waals surface area contributed by atoms with E-state index >= 15 is 0 Å². The zero-order chi connectivity index (χ0) is 15.6. The summed E-state index contributed by atoms with van der Waals surface area (Å²) in [5, 5.41) is 8.11. The van der Waals surface area contributed by atoms with Crippen LogP contribution in [0.1, 0.15) is 21.6 Å². The van der Waals surface area contributed by atoms with Gasteiger partial charge < -0.3 is 4.90 Å². The van der Waals surface area contributed by atoms with Crippen LogP contribution in [-0.2, 0) is 13.0 Å². The average molecular weight is 304 g/mol. The highest BCUT2D eigenvalue weighted by Gasteiger charge is 2.23. The van der Waals surface area contributed by atoms with E-state index in [1.807, 2.05) is 47.4 Å². The van der Waals surface area contributed by atoms with E-state index in [1.165, 1.54) is 11.1 Å². The summed E-state index contributed by atoms with van der Waals surface area (Å²) in [5.41, 5.74) is 3.81. The molecule has 1 aliphatic heterocycles. The lowest BCUT2D eigenvalue weighted by Crippen LogP contribution is -2.36. The van der Waals surface area contributed by atoms with E-state index in [-0.39, 0.29) is 5.91 Å². The second-order valence-corrected chi connectivity index (χ2v) is 5.63. The number of rotatable bonds is 2. The molecule has 0 saturated carbocycles. The average Bonchev–Trinajstić information content (AvgIpc) is 3.11. The van der Waals surface area contributed by atoms with E-state index in [0.717, 1.165) is 12.1 Å². The molecule has 23 heavy (non-hydrogen) atoms. The van der Waals surface area contributed by atoms with Crippen molar-refractivity contribution in [2.24, 2.45) is 0 Å². The molecule has 114 valence electrons. The molecule has 0 unspecified atom stereocenters. The number of para-hydroxylation sites is 1. The number of benzene rings is 2. The third-order valence-electron chi connectivity index (χ3n) is 4.15. The highest BCUT2D eigenvalue weighted by molar-refractivity contribution is 5.92. The number of amides is 1. The van der Waals surface area contributed by atoms with Gasteiger partial charge in [0, 0.05) is 13.1 Å². The number of fused-ring (bicyclic) bond motifs is 1. The third-order valence-corrected chi connectivity index (χ3v) is 4.15. The molecule has 0 spiro atoms. The smallest absolute Gasteiger partial charge is 0.276 e. The van der Waals surface area contributed by atoms with Crippen molar-refractivity contribution < 1.29 is 4.79 Å². The molecule has 0 radical (unpaired) electrons. The van der Waals surface area contributed by atoms with Crippen molar-refractivity contribution in [3.8, 4) is 5.69 Å². The number of hydrogen-bond donors (Lipinski definition) is 0. The normalized spacial score (nSPS) is 13.7. The van der Waals surface area contributed by atoms with Gasteiger partial charge in [-0.2, -0.15) is 0 Å². The zero-order valence-electron chi connectivity index (χ0n) is 12.6. The summed E-state index contributed by atoms with van der Waals surface area (Å²) in [6, 6.07) is 17.9. The minimum absolute atomic E-state index is 0.0679. The molecule has 0 aliphatic carbocycles. The molecule has 1 aliphatic rings. The Hall–Kier alpha value is -2.95. The molecule has 1 aromatic heterocycles. The maximum atomic E-state index is 12.7. The Labute approximate surface area is 134 Å². The van der Waals surface area contributed by atoms with Crippen molar-refractivity contribution in [3.05, 3.63) is 77.6 Å². The van der Waals surface area contributed by atoms with Crippen LogP contribution < -0.4 is 0 Å². The lowest BCUT2D eigenvalue weighted by molar-refractivity contribution is 0.0728. The van der Waals surface area contributed by atoms with Crippen LogP contribution in [-0.4, -0.2) is 32.3 Å². The third kappa shape index (κ3) is 2.61. The first kappa shape index (κ1) is 13.7. The quantitative estimate of drug-likeness (QED) is 0.731. The summed E-state index contributed by atoms with van der Waals surface area (Å²) in [4.78, 5) is 14.5. The maximum Gasteiger partial charge on any atom is 0.276 e. The molecular weight excluding hydrogens is 288 g/mol. The van der Waals surface area contributed by atoms with Crippen LogP contribution in [0, 0.1) is 0 Å². The van der Waals surface area contributed by atoms with Crippen LogP contribution in [0.25, 0.3) is 5.69 Å². The van der Waals surface area contributed by atoms with Gasteiger partial charge >= 0.3 is 0 Å². The molecule has 0 fully saturated rings. The van der Waals surface area contributed by atoms with Crippen LogP contribution in [0.15, 0.2) is 60.8 Å². The summed E-state index contributed by atoms with van der Waals surface area (Å²) in [6.07, 6.45) is 2.58. The Morgan fingerprint density at radius 3 is 2.52 bits per heavy atom. The Morgan fingerprint density at radius 2 is 1.70 bits per heavy atom. The van der Waals surface area contributed by atoms with Crippen LogP contribution in [0.2, 0.25) is 0 Å². The molecule has 3 aromatic rings. The molecular formula is C18H16N4O. The minimum Gasteiger partial charge on any atom is -0.333 e. The minimum atomic E-state index is -0.0679. The first-order valence-corrected chi connectivity index (χ1v) is 7.65. The molecule has 1 amide bonds. The summed E-state index contributed by atoms with van der Waals surface area (Å²) < 4.78 is 1.63. The van der Waals surface area contributed by atoms with Gasteiger partial charge in [-0.05, 0) is 29.7 Å². The van der Waals surface area contributed by atoms with Gasteiger partial charge in [0.05, 0.1) is 11.9 Å². The van der Waals surface area contributed by atoms with Gasteiger partial charge in [-0.1, -0.05) is 47.7 Å². The SMILES string of the molecule is O=C(c1cn(-c2ccccc2)nn1)N1CCc2ccccc2C1. The summed E-state index contributed by atoms with van der Waals surface area (Å²) in [7, 11) is 0.